The number of rotatable bonds is 4. The number of aliphatic hydroxyl groups is 1. The third-order valence-electron chi connectivity index (χ3n) is 3.47. The van der Waals surface area contributed by atoms with E-state index in [1.165, 1.54) is 12.8 Å². The second kappa shape index (κ2) is 4.45. The number of hydrogen-bond acceptors (Lipinski definition) is 1. The van der Waals surface area contributed by atoms with Crippen molar-refractivity contribution in [1.82, 2.24) is 0 Å². The fourth-order valence-corrected chi connectivity index (χ4v) is 1.53. The van der Waals surface area contributed by atoms with E-state index in [4.69, 9.17) is 0 Å². The summed E-state index contributed by atoms with van der Waals surface area (Å²) in [6.45, 7) is 12.6. The molecule has 0 bridgehead atoms. The van der Waals surface area contributed by atoms with Gasteiger partial charge in [-0.05, 0) is 24.7 Å². The van der Waals surface area contributed by atoms with Crippen molar-refractivity contribution in [3.8, 4) is 0 Å². The molecule has 0 aliphatic carbocycles. The lowest BCUT2D eigenvalue weighted by Gasteiger charge is -2.42. The van der Waals surface area contributed by atoms with Crippen molar-refractivity contribution in [2.24, 2.45) is 11.3 Å². The van der Waals surface area contributed by atoms with Gasteiger partial charge in [0.25, 0.3) is 0 Å². The Morgan fingerprint density at radius 2 is 1.62 bits per heavy atom. The highest BCUT2D eigenvalue weighted by Gasteiger charge is 2.39. The van der Waals surface area contributed by atoms with Gasteiger partial charge in [-0.25, -0.2) is 0 Å². The molecule has 0 saturated heterocycles. The highest BCUT2D eigenvalue weighted by molar-refractivity contribution is 4.90. The minimum Gasteiger partial charge on any atom is -0.389 e. The molecular formula is C12H26O. The van der Waals surface area contributed by atoms with Crippen LogP contribution in [0.3, 0.4) is 0 Å². The largest absolute Gasteiger partial charge is 0.389 e. The van der Waals surface area contributed by atoms with Gasteiger partial charge < -0.3 is 5.11 Å². The molecule has 13 heavy (non-hydrogen) atoms. The molecule has 0 amide bonds. The Balaban J connectivity index is 4.27. The molecule has 80 valence electrons. The first-order valence-corrected chi connectivity index (χ1v) is 5.45. The van der Waals surface area contributed by atoms with Crippen LogP contribution in [0.15, 0.2) is 0 Å². The highest BCUT2D eigenvalue weighted by atomic mass is 16.3. The normalized spacial score (nSPS) is 19.6. The van der Waals surface area contributed by atoms with E-state index >= 15 is 0 Å². The van der Waals surface area contributed by atoms with E-state index in [1.54, 1.807) is 0 Å². The second-order valence-electron chi connectivity index (χ2n) is 5.44. The maximum absolute atomic E-state index is 10.3. The zero-order valence-corrected chi connectivity index (χ0v) is 10.1. The van der Waals surface area contributed by atoms with E-state index in [-0.39, 0.29) is 5.41 Å². The molecule has 1 N–H and O–H groups in total. The second-order valence-corrected chi connectivity index (χ2v) is 5.44. The Morgan fingerprint density at radius 3 is 1.92 bits per heavy atom. The summed E-state index contributed by atoms with van der Waals surface area (Å²) in [5.41, 5.74) is -0.581. The Labute approximate surface area is 83.5 Å². The molecule has 0 radical (unpaired) electrons. The van der Waals surface area contributed by atoms with E-state index in [2.05, 4.69) is 34.6 Å². The fraction of sp³-hybridized carbons (Fsp3) is 1.00. The van der Waals surface area contributed by atoms with Crippen LogP contribution in [0.5, 0.6) is 0 Å². The lowest BCUT2D eigenvalue weighted by atomic mass is 9.69. The summed E-state index contributed by atoms with van der Waals surface area (Å²) < 4.78 is 0. The molecule has 0 aliphatic heterocycles. The van der Waals surface area contributed by atoms with E-state index in [9.17, 15) is 5.11 Å². The van der Waals surface area contributed by atoms with Gasteiger partial charge in [0.15, 0.2) is 0 Å². The van der Waals surface area contributed by atoms with Gasteiger partial charge in [0, 0.05) is 0 Å². The Bertz CT molecular complexity index is 142. The molecular weight excluding hydrogens is 160 g/mol. The summed E-state index contributed by atoms with van der Waals surface area (Å²) in [6.07, 6.45) is 3.55. The Kier molecular flexibility index (Phi) is 4.44. The molecule has 2 unspecified atom stereocenters. The molecule has 1 heteroatoms. The molecule has 0 heterocycles. The zero-order chi connectivity index (χ0) is 10.7. The van der Waals surface area contributed by atoms with Crippen molar-refractivity contribution in [3.63, 3.8) is 0 Å². The topological polar surface area (TPSA) is 20.2 Å². The summed E-state index contributed by atoms with van der Waals surface area (Å²) in [7, 11) is 0. The molecule has 0 aromatic carbocycles. The third kappa shape index (κ3) is 3.30. The van der Waals surface area contributed by atoms with Gasteiger partial charge in [0.05, 0.1) is 5.60 Å². The maximum atomic E-state index is 10.3. The average molecular weight is 186 g/mol. The summed E-state index contributed by atoms with van der Waals surface area (Å²) in [5.74, 6) is 0.382. The van der Waals surface area contributed by atoms with E-state index in [0.717, 1.165) is 6.42 Å². The summed E-state index contributed by atoms with van der Waals surface area (Å²) >= 11 is 0. The quantitative estimate of drug-likeness (QED) is 0.711. The lowest BCUT2D eigenvalue weighted by Crippen LogP contribution is -2.45. The lowest BCUT2D eigenvalue weighted by molar-refractivity contribution is -0.0863. The molecule has 1 nitrogen and oxygen atoms in total. The van der Waals surface area contributed by atoms with Crippen molar-refractivity contribution in [1.29, 1.82) is 0 Å². The van der Waals surface area contributed by atoms with Gasteiger partial charge in [-0.3, -0.25) is 0 Å². The Morgan fingerprint density at radius 1 is 1.15 bits per heavy atom. The van der Waals surface area contributed by atoms with Crippen molar-refractivity contribution < 1.29 is 5.11 Å². The first-order valence-electron chi connectivity index (χ1n) is 5.45. The molecule has 0 fully saturated rings. The highest BCUT2D eigenvalue weighted by Crippen LogP contribution is 2.38. The molecule has 0 aliphatic rings. The average Bonchev–Trinajstić information content (AvgIpc) is 1.97. The van der Waals surface area contributed by atoms with Crippen LogP contribution in [0.2, 0.25) is 0 Å². The summed E-state index contributed by atoms with van der Waals surface area (Å²) in [4.78, 5) is 0. The van der Waals surface area contributed by atoms with Crippen molar-refractivity contribution >= 4 is 0 Å². The van der Waals surface area contributed by atoms with Crippen molar-refractivity contribution in [3.05, 3.63) is 0 Å². The minimum absolute atomic E-state index is 0.0276. The number of unbranched alkanes of at least 4 members (excludes halogenated alkanes) is 1. The molecule has 0 aromatic rings. The van der Waals surface area contributed by atoms with Crippen LogP contribution in [0.1, 0.15) is 60.8 Å². The minimum atomic E-state index is -0.553. The van der Waals surface area contributed by atoms with Crippen LogP contribution in [0.25, 0.3) is 0 Å². The van der Waals surface area contributed by atoms with Gasteiger partial charge in [-0.15, -0.1) is 0 Å². The van der Waals surface area contributed by atoms with Crippen molar-refractivity contribution in [2.45, 2.75) is 66.4 Å². The van der Waals surface area contributed by atoms with Crippen LogP contribution >= 0.6 is 0 Å². The molecule has 0 aromatic heterocycles. The monoisotopic (exact) mass is 186 g/mol. The first-order chi connectivity index (χ1) is 5.73. The van der Waals surface area contributed by atoms with Crippen LogP contribution in [-0.4, -0.2) is 10.7 Å². The smallest absolute Gasteiger partial charge is 0.0693 e. The van der Waals surface area contributed by atoms with Gasteiger partial charge in [-0.2, -0.15) is 0 Å². The molecule has 0 rings (SSSR count). The molecule has 0 saturated carbocycles. The van der Waals surface area contributed by atoms with E-state index in [0.29, 0.717) is 5.92 Å². The summed E-state index contributed by atoms with van der Waals surface area (Å²) in [6, 6.07) is 0. The van der Waals surface area contributed by atoms with Crippen molar-refractivity contribution in [2.75, 3.05) is 0 Å². The van der Waals surface area contributed by atoms with Crippen LogP contribution < -0.4 is 0 Å². The van der Waals surface area contributed by atoms with Crippen LogP contribution in [0.4, 0.5) is 0 Å². The van der Waals surface area contributed by atoms with Gasteiger partial charge in [0.1, 0.15) is 0 Å². The van der Waals surface area contributed by atoms with E-state index in [1.807, 2.05) is 6.92 Å². The zero-order valence-electron chi connectivity index (χ0n) is 10.1. The fourth-order valence-electron chi connectivity index (χ4n) is 1.53. The predicted octanol–water partition coefficient (Wildman–Crippen LogP) is 3.61. The van der Waals surface area contributed by atoms with Gasteiger partial charge in [-0.1, -0.05) is 47.5 Å². The van der Waals surface area contributed by atoms with Crippen LogP contribution in [0, 0.1) is 11.3 Å². The van der Waals surface area contributed by atoms with Crippen LogP contribution in [-0.2, 0) is 0 Å². The molecule has 0 spiro atoms. The van der Waals surface area contributed by atoms with Gasteiger partial charge in [0.2, 0.25) is 0 Å². The molecule has 2 atom stereocenters. The third-order valence-corrected chi connectivity index (χ3v) is 3.47. The Hall–Kier alpha value is -0.0400. The first kappa shape index (κ1) is 13.0. The number of hydrogen-bond donors (Lipinski definition) is 1. The summed E-state index contributed by atoms with van der Waals surface area (Å²) in [5, 5.41) is 10.3. The van der Waals surface area contributed by atoms with Gasteiger partial charge >= 0.3 is 0 Å². The SMILES string of the molecule is CCCCC(C)C(C)(O)C(C)(C)C. The van der Waals surface area contributed by atoms with E-state index < -0.39 is 5.60 Å². The maximum Gasteiger partial charge on any atom is 0.0693 e. The predicted molar refractivity (Wildman–Crippen MR) is 58.8 cm³/mol. The standard InChI is InChI=1S/C12H26O/c1-7-8-9-10(2)12(6,13)11(3,4)5/h10,13H,7-9H2,1-6H3.